The fraction of sp³-hybridized carbons (Fsp3) is 0. The van der Waals surface area contributed by atoms with Gasteiger partial charge in [0.05, 0.1) is 0 Å². The average molecular weight is 663 g/mol. The van der Waals surface area contributed by atoms with Crippen molar-refractivity contribution in [3.05, 3.63) is 182 Å². The van der Waals surface area contributed by atoms with Crippen molar-refractivity contribution in [1.29, 1.82) is 0 Å². The second-order valence-corrected chi connectivity index (χ2v) is 13.1. The second-order valence-electron chi connectivity index (χ2n) is 13.1. The Morgan fingerprint density at radius 3 is 1.56 bits per heavy atom. The third kappa shape index (κ3) is 5.26. The fourth-order valence-electron chi connectivity index (χ4n) is 7.32. The van der Waals surface area contributed by atoms with Crippen molar-refractivity contribution in [2.45, 2.75) is 0 Å². The van der Waals surface area contributed by atoms with E-state index in [0.29, 0.717) is 17.5 Å². The normalized spacial score (nSPS) is 11.5. The Morgan fingerprint density at radius 1 is 0.288 bits per heavy atom. The summed E-state index contributed by atoms with van der Waals surface area (Å²) in [5.74, 6) is 1.91. The molecule has 10 rings (SSSR count). The highest BCUT2D eigenvalue weighted by Gasteiger charge is 2.15. The van der Waals surface area contributed by atoms with Crippen LogP contribution in [0.5, 0.6) is 0 Å². The molecule has 242 valence electrons. The average Bonchev–Trinajstić information content (AvgIpc) is 3.23. The van der Waals surface area contributed by atoms with Crippen molar-refractivity contribution in [2.75, 3.05) is 0 Å². The van der Waals surface area contributed by atoms with Gasteiger partial charge in [0.25, 0.3) is 0 Å². The molecule has 4 nitrogen and oxygen atoms in total. The summed E-state index contributed by atoms with van der Waals surface area (Å²) in [4.78, 5) is 19.5. The topological polar surface area (TPSA) is 51.6 Å². The zero-order valence-corrected chi connectivity index (χ0v) is 28.1. The molecule has 0 N–H and O–H groups in total. The van der Waals surface area contributed by atoms with Crippen LogP contribution in [0.15, 0.2) is 182 Å². The molecule has 0 atom stereocenters. The van der Waals surface area contributed by atoms with E-state index in [0.717, 1.165) is 38.8 Å². The van der Waals surface area contributed by atoms with Crippen molar-refractivity contribution >= 4 is 43.1 Å². The van der Waals surface area contributed by atoms with Gasteiger partial charge in [0, 0.05) is 34.5 Å². The molecule has 0 fully saturated rings. The van der Waals surface area contributed by atoms with Gasteiger partial charge in [0.1, 0.15) is 0 Å². The van der Waals surface area contributed by atoms with Crippen molar-refractivity contribution < 1.29 is 0 Å². The van der Waals surface area contributed by atoms with E-state index in [4.69, 9.17) is 15.0 Å². The number of pyridine rings is 1. The van der Waals surface area contributed by atoms with Crippen molar-refractivity contribution in [1.82, 2.24) is 19.9 Å². The van der Waals surface area contributed by atoms with Gasteiger partial charge in [-0.05, 0) is 78.2 Å². The summed E-state index contributed by atoms with van der Waals surface area (Å²) in [6.07, 6.45) is 3.85. The van der Waals surface area contributed by atoms with Crippen molar-refractivity contribution in [3.8, 4) is 56.4 Å². The van der Waals surface area contributed by atoms with Crippen LogP contribution in [0.25, 0.3) is 99.5 Å². The molecule has 0 aliphatic rings. The summed E-state index contributed by atoms with van der Waals surface area (Å²) >= 11 is 0. The first kappa shape index (κ1) is 29.8. The maximum atomic E-state index is 5.04. The molecule has 4 heteroatoms. The van der Waals surface area contributed by atoms with Gasteiger partial charge in [-0.25, -0.2) is 15.0 Å². The molecule has 52 heavy (non-hydrogen) atoms. The minimum Gasteiger partial charge on any atom is -0.264 e. The number of nitrogens with zero attached hydrogens (tertiary/aromatic N) is 4. The Kier molecular flexibility index (Phi) is 7.10. The molecule has 0 aliphatic carbocycles. The van der Waals surface area contributed by atoms with E-state index in [1.165, 1.54) is 43.3 Å². The molecule has 8 aromatic carbocycles. The number of aromatic nitrogens is 4. The van der Waals surface area contributed by atoms with Crippen LogP contribution in [0, 0.1) is 0 Å². The predicted molar refractivity (Wildman–Crippen MR) is 215 cm³/mol. The first-order valence-corrected chi connectivity index (χ1v) is 17.5. The summed E-state index contributed by atoms with van der Waals surface area (Å²) < 4.78 is 0. The van der Waals surface area contributed by atoms with Crippen LogP contribution >= 0.6 is 0 Å². The van der Waals surface area contributed by atoms with Gasteiger partial charge in [-0.1, -0.05) is 152 Å². The molecule has 0 spiro atoms. The molecule has 2 heterocycles. The third-order valence-corrected chi connectivity index (χ3v) is 10.0. The lowest BCUT2D eigenvalue weighted by molar-refractivity contribution is 1.07. The van der Waals surface area contributed by atoms with Gasteiger partial charge in [-0.15, -0.1) is 0 Å². The second kappa shape index (κ2) is 12.4. The number of fused-ring (bicyclic) bond motifs is 6. The van der Waals surface area contributed by atoms with E-state index >= 15 is 0 Å². The largest absolute Gasteiger partial charge is 0.264 e. The Balaban J connectivity index is 1.06. The van der Waals surface area contributed by atoms with Crippen LogP contribution in [-0.4, -0.2) is 19.9 Å². The minimum atomic E-state index is 0.630. The molecule has 0 unspecified atom stereocenters. The van der Waals surface area contributed by atoms with E-state index in [2.05, 4.69) is 145 Å². The molecule has 0 saturated carbocycles. The SMILES string of the molecule is c1ccc(-c2nc(-c3ccc(-c4ccc5ccccc5c4)cc3)nc(-c3ccc(-c4cc5c6ccccc6ccc5c5ccncc45)cc3)n2)cc1. The van der Waals surface area contributed by atoms with E-state index < -0.39 is 0 Å². The smallest absolute Gasteiger partial charge is 0.164 e. The van der Waals surface area contributed by atoms with Crippen LogP contribution < -0.4 is 0 Å². The van der Waals surface area contributed by atoms with Gasteiger partial charge in [0.2, 0.25) is 0 Å². The molecule has 0 aliphatic heterocycles. The lowest BCUT2D eigenvalue weighted by Gasteiger charge is -2.13. The molecular formula is C48H30N4. The van der Waals surface area contributed by atoms with E-state index in [1.54, 1.807) is 0 Å². The Labute approximate surface area is 300 Å². The van der Waals surface area contributed by atoms with Crippen molar-refractivity contribution in [3.63, 3.8) is 0 Å². The van der Waals surface area contributed by atoms with Crippen LogP contribution in [0.2, 0.25) is 0 Å². The van der Waals surface area contributed by atoms with Crippen LogP contribution in [0.1, 0.15) is 0 Å². The Bertz CT molecular complexity index is 2940. The van der Waals surface area contributed by atoms with Crippen LogP contribution in [-0.2, 0) is 0 Å². The van der Waals surface area contributed by atoms with Gasteiger partial charge in [-0.2, -0.15) is 0 Å². The summed E-state index contributed by atoms with van der Waals surface area (Å²) in [6, 6.07) is 59.6. The number of benzene rings is 8. The number of rotatable bonds is 5. The lowest BCUT2D eigenvalue weighted by atomic mass is 9.91. The number of hydrogen-bond donors (Lipinski definition) is 0. The maximum absolute atomic E-state index is 5.04. The van der Waals surface area contributed by atoms with Gasteiger partial charge >= 0.3 is 0 Å². The van der Waals surface area contributed by atoms with Crippen LogP contribution in [0.3, 0.4) is 0 Å². The quantitative estimate of drug-likeness (QED) is 0.172. The first-order valence-electron chi connectivity index (χ1n) is 17.5. The highest BCUT2D eigenvalue weighted by molar-refractivity contribution is 6.20. The summed E-state index contributed by atoms with van der Waals surface area (Å²) in [5, 5.41) is 9.71. The van der Waals surface area contributed by atoms with Crippen molar-refractivity contribution in [2.24, 2.45) is 0 Å². The van der Waals surface area contributed by atoms with E-state index in [1.807, 2.05) is 42.7 Å². The van der Waals surface area contributed by atoms with E-state index in [9.17, 15) is 0 Å². The third-order valence-electron chi connectivity index (χ3n) is 10.0. The molecule has 0 bridgehead atoms. The number of hydrogen-bond acceptors (Lipinski definition) is 4. The minimum absolute atomic E-state index is 0.630. The maximum Gasteiger partial charge on any atom is 0.164 e. The molecule has 0 radical (unpaired) electrons. The monoisotopic (exact) mass is 662 g/mol. The fourth-order valence-corrected chi connectivity index (χ4v) is 7.32. The van der Waals surface area contributed by atoms with Gasteiger partial charge in [-0.3, -0.25) is 4.98 Å². The Morgan fingerprint density at radius 2 is 0.827 bits per heavy atom. The molecule has 2 aromatic heterocycles. The first-order chi connectivity index (χ1) is 25.7. The van der Waals surface area contributed by atoms with E-state index in [-0.39, 0.29) is 0 Å². The predicted octanol–water partition coefficient (Wildman–Crippen LogP) is 12.2. The summed E-state index contributed by atoms with van der Waals surface area (Å²) in [6.45, 7) is 0. The summed E-state index contributed by atoms with van der Waals surface area (Å²) in [5.41, 5.74) is 7.38. The highest BCUT2D eigenvalue weighted by atomic mass is 15.0. The standard InChI is InChI=1S/C48H30N4/c1-2-10-35(11-3-1)46-50-47(36-19-14-32(15-20-36)39-23-16-31-8-4-5-12-38(31)28-39)52-48(51-46)37-21-17-34(18-22-37)43-29-44-40-13-7-6-9-33(40)24-25-41(44)42-26-27-49-30-45(42)43/h1-30H. The molecule has 0 saturated heterocycles. The highest BCUT2D eigenvalue weighted by Crippen LogP contribution is 2.38. The zero-order valence-electron chi connectivity index (χ0n) is 28.1. The van der Waals surface area contributed by atoms with Gasteiger partial charge < -0.3 is 0 Å². The Hall–Kier alpha value is -7.04. The van der Waals surface area contributed by atoms with Gasteiger partial charge in [0.15, 0.2) is 17.5 Å². The summed E-state index contributed by atoms with van der Waals surface area (Å²) in [7, 11) is 0. The molecule has 10 aromatic rings. The zero-order chi connectivity index (χ0) is 34.4. The lowest BCUT2D eigenvalue weighted by Crippen LogP contribution is -2.00. The molecule has 0 amide bonds. The molecular weight excluding hydrogens is 633 g/mol. The van der Waals surface area contributed by atoms with Crippen LogP contribution in [0.4, 0.5) is 0 Å².